The average Bonchev–Trinajstić information content (AvgIpc) is 2.39. The Balaban J connectivity index is 2.07. The van der Waals surface area contributed by atoms with E-state index >= 15 is 0 Å². The van der Waals surface area contributed by atoms with E-state index in [-0.39, 0.29) is 0 Å². The highest BCUT2D eigenvalue weighted by atomic mass is 19.1. The van der Waals surface area contributed by atoms with Crippen LogP contribution < -0.4 is 9.80 Å². The molecule has 2 aromatic rings. The Morgan fingerprint density at radius 2 is 1.78 bits per heavy atom. The maximum absolute atomic E-state index is 13.2. The fraction of sp³-hybridized carbons (Fsp3) is 0.214. The van der Waals surface area contributed by atoms with Crippen molar-refractivity contribution in [1.82, 2.24) is 4.98 Å². The molecule has 4 heteroatoms. The van der Waals surface area contributed by atoms with Crippen LogP contribution in [0.1, 0.15) is 0 Å². The van der Waals surface area contributed by atoms with Gasteiger partial charge in [0.2, 0.25) is 5.95 Å². The topological polar surface area (TPSA) is 19.4 Å². The molecule has 18 heavy (non-hydrogen) atoms. The normalized spacial score (nSPS) is 14.6. The molecule has 0 bridgehead atoms. The van der Waals surface area contributed by atoms with Crippen LogP contribution in [0, 0.1) is 5.95 Å². The lowest BCUT2D eigenvalue weighted by molar-refractivity contribution is 0.582. The number of pyridine rings is 1. The Morgan fingerprint density at radius 3 is 2.56 bits per heavy atom. The summed E-state index contributed by atoms with van der Waals surface area (Å²) in [4.78, 5) is 8.22. The third-order valence-corrected chi connectivity index (χ3v) is 3.22. The molecule has 3 rings (SSSR count). The van der Waals surface area contributed by atoms with Crippen molar-refractivity contribution in [2.75, 3.05) is 29.9 Å². The summed E-state index contributed by atoms with van der Waals surface area (Å²) in [6.07, 6.45) is 0. The van der Waals surface area contributed by atoms with Crippen molar-refractivity contribution in [3.8, 4) is 0 Å². The van der Waals surface area contributed by atoms with Crippen molar-refractivity contribution in [3.05, 3.63) is 48.4 Å². The summed E-state index contributed by atoms with van der Waals surface area (Å²) in [5.74, 6) is 0.222. The van der Waals surface area contributed by atoms with Gasteiger partial charge in [-0.15, -0.1) is 0 Å². The first-order valence-electron chi connectivity index (χ1n) is 5.96. The number of hydrogen-bond acceptors (Lipinski definition) is 3. The van der Waals surface area contributed by atoms with E-state index in [1.807, 2.05) is 24.3 Å². The number of aromatic nitrogens is 1. The molecular formula is C14H14FN3. The minimum Gasteiger partial charge on any atom is -0.371 e. The van der Waals surface area contributed by atoms with Gasteiger partial charge in [0.1, 0.15) is 5.82 Å². The van der Waals surface area contributed by atoms with E-state index in [2.05, 4.69) is 27.9 Å². The monoisotopic (exact) mass is 243 g/mol. The molecule has 0 aliphatic carbocycles. The predicted octanol–water partition coefficient (Wildman–Crippen LogP) is 2.81. The zero-order valence-corrected chi connectivity index (χ0v) is 10.2. The molecule has 1 aliphatic rings. The molecule has 0 saturated heterocycles. The van der Waals surface area contributed by atoms with Gasteiger partial charge in [0.05, 0.1) is 11.4 Å². The first-order chi connectivity index (χ1) is 8.75. The molecule has 0 fully saturated rings. The molecule has 0 atom stereocenters. The van der Waals surface area contributed by atoms with Crippen molar-refractivity contribution >= 4 is 17.2 Å². The van der Waals surface area contributed by atoms with Gasteiger partial charge in [-0.25, -0.2) is 4.98 Å². The number of anilines is 3. The molecule has 2 heterocycles. The second-order valence-corrected chi connectivity index (χ2v) is 4.38. The van der Waals surface area contributed by atoms with Crippen LogP contribution in [0.2, 0.25) is 0 Å². The van der Waals surface area contributed by atoms with E-state index in [1.54, 1.807) is 6.07 Å². The van der Waals surface area contributed by atoms with Gasteiger partial charge in [0.15, 0.2) is 0 Å². The molecule has 0 unspecified atom stereocenters. The third kappa shape index (κ3) is 1.79. The number of benzene rings is 1. The van der Waals surface area contributed by atoms with Crippen LogP contribution in [0.25, 0.3) is 0 Å². The van der Waals surface area contributed by atoms with Gasteiger partial charge in [-0.05, 0) is 24.3 Å². The van der Waals surface area contributed by atoms with Crippen LogP contribution in [0.4, 0.5) is 21.6 Å². The van der Waals surface area contributed by atoms with Crippen LogP contribution in [-0.2, 0) is 0 Å². The predicted molar refractivity (Wildman–Crippen MR) is 70.9 cm³/mol. The molecule has 1 aromatic carbocycles. The minimum absolute atomic E-state index is 0.441. The summed E-state index contributed by atoms with van der Waals surface area (Å²) in [7, 11) is 2.06. The number of hydrogen-bond donors (Lipinski definition) is 0. The Labute approximate surface area is 105 Å². The number of rotatable bonds is 1. The summed E-state index contributed by atoms with van der Waals surface area (Å²) < 4.78 is 13.2. The smallest absolute Gasteiger partial charge is 0.214 e. The second kappa shape index (κ2) is 4.29. The van der Waals surface area contributed by atoms with Crippen LogP contribution >= 0.6 is 0 Å². The van der Waals surface area contributed by atoms with E-state index in [1.165, 1.54) is 6.07 Å². The maximum Gasteiger partial charge on any atom is 0.214 e. The zero-order chi connectivity index (χ0) is 12.5. The number of halogens is 1. The summed E-state index contributed by atoms with van der Waals surface area (Å²) >= 11 is 0. The fourth-order valence-corrected chi connectivity index (χ4v) is 2.29. The van der Waals surface area contributed by atoms with Gasteiger partial charge in [-0.1, -0.05) is 18.2 Å². The summed E-state index contributed by atoms with van der Waals surface area (Å²) in [6.45, 7) is 1.71. The van der Waals surface area contributed by atoms with Crippen LogP contribution in [0.3, 0.4) is 0 Å². The third-order valence-electron chi connectivity index (χ3n) is 3.22. The number of likely N-dealkylation sites (N-methyl/N-ethyl adjacent to an activating group) is 1. The highest BCUT2D eigenvalue weighted by molar-refractivity contribution is 5.77. The highest BCUT2D eigenvalue weighted by Gasteiger charge is 2.21. The Hall–Kier alpha value is -2.10. The largest absolute Gasteiger partial charge is 0.371 e. The SMILES string of the molecule is CN1CCN(c2cccc(F)n2)c2ccccc21. The molecule has 0 amide bonds. The lowest BCUT2D eigenvalue weighted by Gasteiger charge is -2.36. The molecule has 1 aromatic heterocycles. The number of para-hydroxylation sites is 2. The van der Waals surface area contributed by atoms with Crippen molar-refractivity contribution in [2.24, 2.45) is 0 Å². The van der Waals surface area contributed by atoms with Crippen molar-refractivity contribution in [1.29, 1.82) is 0 Å². The summed E-state index contributed by atoms with van der Waals surface area (Å²) in [5, 5.41) is 0. The van der Waals surface area contributed by atoms with E-state index in [0.717, 1.165) is 24.5 Å². The van der Waals surface area contributed by atoms with E-state index in [9.17, 15) is 4.39 Å². The van der Waals surface area contributed by atoms with Gasteiger partial charge >= 0.3 is 0 Å². The molecule has 0 spiro atoms. The molecule has 3 nitrogen and oxygen atoms in total. The standard InChI is InChI=1S/C14H14FN3/c1-17-9-10-18(12-6-3-2-5-11(12)17)14-8-4-7-13(15)16-14/h2-8H,9-10H2,1H3. The minimum atomic E-state index is -0.441. The maximum atomic E-state index is 13.2. The van der Waals surface area contributed by atoms with Gasteiger partial charge in [0.25, 0.3) is 0 Å². The van der Waals surface area contributed by atoms with Gasteiger partial charge in [-0.3, -0.25) is 0 Å². The van der Waals surface area contributed by atoms with E-state index < -0.39 is 5.95 Å². The Morgan fingerprint density at radius 1 is 1.00 bits per heavy atom. The molecular weight excluding hydrogens is 229 g/mol. The van der Waals surface area contributed by atoms with Crippen LogP contribution in [0.5, 0.6) is 0 Å². The molecule has 0 radical (unpaired) electrons. The quantitative estimate of drug-likeness (QED) is 0.718. The molecule has 1 aliphatic heterocycles. The van der Waals surface area contributed by atoms with Crippen molar-refractivity contribution in [3.63, 3.8) is 0 Å². The van der Waals surface area contributed by atoms with E-state index in [4.69, 9.17) is 0 Å². The second-order valence-electron chi connectivity index (χ2n) is 4.38. The molecule has 0 saturated carbocycles. The lowest BCUT2D eigenvalue weighted by atomic mass is 10.1. The first-order valence-corrected chi connectivity index (χ1v) is 5.96. The van der Waals surface area contributed by atoms with Crippen LogP contribution in [-0.4, -0.2) is 25.1 Å². The van der Waals surface area contributed by atoms with E-state index in [0.29, 0.717) is 5.82 Å². The lowest BCUT2D eigenvalue weighted by Crippen LogP contribution is -2.36. The van der Waals surface area contributed by atoms with Gasteiger partial charge in [-0.2, -0.15) is 4.39 Å². The number of nitrogens with zero attached hydrogens (tertiary/aromatic N) is 3. The summed E-state index contributed by atoms with van der Waals surface area (Å²) in [6, 6.07) is 13.0. The zero-order valence-electron chi connectivity index (χ0n) is 10.2. The van der Waals surface area contributed by atoms with Crippen LogP contribution in [0.15, 0.2) is 42.5 Å². The Bertz CT molecular complexity index is 570. The highest BCUT2D eigenvalue weighted by Crippen LogP contribution is 2.35. The van der Waals surface area contributed by atoms with Crippen molar-refractivity contribution in [2.45, 2.75) is 0 Å². The average molecular weight is 243 g/mol. The first kappa shape index (κ1) is 11.0. The van der Waals surface area contributed by atoms with Gasteiger partial charge < -0.3 is 9.80 Å². The molecule has 92 valence electrons. The number of fused-ring (bicyclic) bond motifs is 1. The molecule has 0 N–H and O–H groups in total. The Kier molecular flexibility index (Phi) is 2.63. The fourth-order valence-electron chi connectivity index (χ4n) is 2.29. The van der Waals surface area contributed by atoms with Gasteiger partial charge in [0, 0.05) is 20.1 Å². The summed E-state index contributed by atoms with van der Waals surface area (Å²) in [5.41, 5.74) is 2.22. The van der Waals surface area contributed by atoms with Crippen molar-refractivity contribution < 1.29 is 4.39 Å².